The first-order valence-electron chi connectivity index (χ1n) is 8.75. The highest BCUT2D eigenvalue weighted by molar-refractivity contribution is 5.83. The lowest BCUT2D eigenvalue weighted by Crippen LogP contribution is -2.41. The summed E-state index contributed by atoms with van der Waals surface area (Å²) in [6, 6.07) is 13.4. The standard InChI is InChI=1S/C21H23NO4/c1-13-8-16-11-19(26-18(16)9-14(13)2)20(23)22-12-17(21(24)25)10-15-6-4-3-5-7-15/h3-9,17,19H,10-12H2,1-2H3,(H,22,23)(H,24,25). The van der Waals surface area contributed by atoms with Crippen molar-refractivity contribution in [1.29, 1.82) is 0 Å². The van der Waals surface area contributed by atoms with Gasteiger partial charge in [-0.2, -0.15) is 0 Å². The van der Waals surface area contributed by atoms with Crippen molar-refractivity contribution in [1.82, 2.24) is 5.32 Å². The predicted molar refractivity (Wildman–Crippen MR) is 98.3 cm³/mol. The van der Waals surface area contributed by atoms with E-state index in [1.165, 1.54) is 5.56 Å². The number of ether oxygens (including phenoxy) is 1. The van der Waals surface area contributed by atoms with Crippen LogP contribution in [0.5, 0.6) is 5.75 Å². The lowest BCUT2D eigenvalue weighted by Gasteiger charge is -2.16. The zero-order chi connectivity index (χ0) is 18.7. The Morgan fingerprint density at radius 1 is 1.19 bits per heavy atom. The molecule has 2 unspecified atom stereocenters. The summed E-state index contributed by atoms with van der Waals surface area (Å²) in [7, 11) is 0. The molecule has 1 aliphatic rings. The number of fused-ring (bicyclic) bond motifs is 1. The van der Waals surface area contributed by atoms with Gasteiger partial charge in [-0.15, -0.1) is 0 Å². The minimum atomic E-state index is -0.920. The van der Waals surface area contributed by atoms with Gasteiger partial charge in [0.15, 0.2) is 6.10 Å². The van der Waals surface area contributed by atoms with Gasteiger partial charge in [0.1, 0.15) is 5.75 Å². The van der Waals surface area contributed by atoms with Crippen LogP contribution in [0.2, 0.25) is 0 Å². The average Bonchev–Trinajstić information content (AvgIpc) is 3.02. The van der Waals surface area contributed by atoms with Gasteiger partial charge in [0.25, 0.3) is 5.91 Å². The van der Waals surface area contributed by atoms with Crippen LogP contribution in [0.4, 0.5) is 0 Å². The van der Waals surface area contributed by atoms with Crippen LogP contribution in [0.3, 0.4) is 0 Å². The molecular formula is C21H23NO4. The van der Waals surface area contributed by atoms with Crippen LogP contribution >= 0.6 is 0 Å². The lowest BCUT2D eigenvalue weighted by atomic mass is 9.99. The summed E-state index contributed by atoms with van der Waals surface area (Å²) >= 11 is 0. The number of hydrogen-bond acceptors (Lipinski definition) is 3. The van der Waals surface area contributed by atoms with E-state index in [1.807, 2.05) is 56.3 Å². The normalized spacial score (nSPS) is 16.5. The van der Waals surface area contributed by atoms with Crippen molar-refractivity contribution in [3.05, 3.63) is 64.7 Å². The number of carboxylic acids is 1. The van der Waals surface area contributed by atoms with Crippen molar-refractivity contribution in [2.24, 2.45) is 5.92 Å². The number of carbonyl (C=O) groups excluding carboxylic acids is 1. The van der Waals surface area contributed by atoms with Crippen molar-refractivity contribution in [2.75, 3.05) is 6.54 Å². The number of aryl methyl sites for hydroxylation is 2. The molecule has 2 aromatic rings. The highest BCUT2D eigenvalue weighted by Gasteiger charge is 2.30. The topological polar surface area (TPSA) is 75.6 Å². The van der Waals surface area contributed by atoms with Crippen LogP contribution in [-0.2, 0) is 22.4 Å². The zero-order valence-corrected chi connectivity index (χ0v) is 15.0. The molecule has 0 bridgehead atoms. The minimum Gasteiger partial charge on any atom is -0.481 e. The smallest absolute Gasteiger partial charge is 0.308 e. The van der Waals surface area contributed by atoms with E-state index in [-0.39, 0.29) is 12.5 Å². The SMILES string of the molecule is Cc1cc2c(cc1C)OC(C(=O)NCC(Cc1ccccc1)C(=O)O)C2. The van der Waals surface area contributed by atoms with Crippen LogP contribution in [0.15, 0.2) is 42.5 Å². The van der Waals surface area contributed by atoms with Crippen LogP contribution in [-0.4, -0.2) is 29.6 Å². The molecule has 136 valence electrons. The molecule has 5 nitrogen and oxygen atoms in total. The van der Waals surface area contributed by atoms with Crippen molar-refractivity contribution in [3.63, 3.8) is 0 Å². The molecule has 1 heterocycles. The minimum absolute atomic E-state index is 0.0807. The maximum atomic E-state index is 12.4. The number of aliphatic carboxylic acids is 1. The molecule has 1 aliphatic heterocycles. The first-order valence-corrected chi connectivity index (χ1v) is 8.75. The van der Waals surface area contributed by atoms with Crippen LogP contribution < -0.4 is 10.1 Å². The molecule has 0 aromatic heterocycles. The molecule has 0 radical (unpaired) electrons. The number of nitrogens with one attached hydrogen (secondary N) is 1. The number of hydrogen-bond donors (Lipinski definition) is 2. The molecular weight excluding hydrogens is 330 g/mol. The van der Waals surface area contributed by atoms with Crippen molar-refractivity contribution >= 4 is 11.9 Å². The van der Waals surface area contributed by atoms with Crippen molar-refractivity contribution in [2.45, 2.75) is 32.8 Å². The Hall–Kier alpha value is -2.82. The van der Waals surface area contributed by atoms with Gasteiger partial charge in [0.2, 0.25) is 0 Å². The molecule has 2 atom stereocenters. The second-order valence-corrected chi connectivity index (χ2v) is 6.82. The summed E-state index contributed by atoms with van der Waals surface area (Å²) in [5, 5.41) is 12.2. The van der Waals surface area contributed by atoms with Gasteiger partial charge in [-0.3, -0.25) is 9.59 Å². The van der Waals surface area contributed by atoms with Crippen molar-refractivity contribution in [3.8, 4) is 5.75 Å². The van der Waals surface area contributed by atoms with E-state index in [0.717, 1.165) is 22.4 Å². The summed E-state index contributed by atoms with van der Waals surface area (Å²) in [6.07, 6.45) is 0.289. The van der Waals surface area contributed by atoms with Gasteiger partial charge in [-0.25, -0.2) is 0 Å². The summed E-state index contributed by atoms with van der Waals surface area (Å²) in [6.45, 7) is 4.12. The maximum Gasteiger partial charge on any atom is 0.308 e. The summed E-state index contributed by atoms with van der Waals surface area (Å²) in [4.78, 5) is 23.9. The van der Waals surface area contributed by atoms with Gasteiger partial charge in [-0.1, -0.05) is 36.4 Å². The fourth-order valence-electron chi connectivity index (χ4n) is 3.14. The zero-order valence-electron chi connectivity index (χ0n) is 15.0. The van der Waals surface area contributed by atoms with E-state index in [4.69, 9.17) is 4.74 Å². The first-order chi connectivity index (χ1) is 12.4. The largest absolute Gasteiger partial charge is 0.481 e. The summed E-state index contributed by atoms with van der Waals surface area (Å²) < 4.78 is 5.76. The van der Waals surface area contributed by atoms with Crippen LogP contribution in [0, 0.1) is 19.8 Å². The molecule has 26 heavy (non-hydrogen) atoms. The molecule has 2 aromatic carbocycles. The number of benzene rings is 2. The molecule has 0 saturated carbocycles. The Balaban J connectivity index is 1.58. The molecule has 1 amide bonds. The highest BCUT2D eigenvalue weighted by Crippen LogP contribution is 2.31. The second-order valence-electron chi connectivity index (χ2n) is 6.82. The van der Waals surface area contributed by atoms with E-state index < -0.39 is 18.0 Å². The van der Waals surface area contributed by atoms with Gasteiger partial charge < -0.3 is 15.2 Å². The first kappa shape index (κ1) is 18.0. The highest BCUT2D eigenvalue weighted by atomic mass is 16.5. The number of amides is 1. The third kappa shape index (κ3) is 4.04. The van der Waals surface area contributed by atoms with Gasteiger partial charge in [-0.05, 0) is 48.6 Å². The monoisotopic (exact) mass is 353 g/mol. The summed E-state index contributed by atoms with van der Waals surface area (Å²) in [5.74, 6) is -1.12. The van der Waals surface area contributed by atoms with E-state index >= 15 is 0 Å². The van der Waals surface area contributed by atoms with Gasteiger partial charge in [0, 0.05) is 13.0 Å². The van der Waals surface area contributed by atoms with Gasteiger partial charge in [0.05, 0.1) is 5.92 Å². The van der Waals surface area contributed by atoms with E-state index in [9.17, 15) is 14.7 Å². The van der Waals surface area contributed by atoms with E-state index in [2.05, 4.69) is 5.32 Å². The molecule has 3 rings (SSSR count). The molecule has 0 aliphatic carbocycles. The number of carboxylic acid groups (broad SMARTS) is 1. The molecule has 5 heteroatoms. The Kier molecular flexibility index (Phi) is 5.26. The Morgan fingerprint density at radius 3 is 2.58 bits per heavy atom. The Labute approximate surface area is 153 Å². The predicted octanol–water partition coefficient (Wildman–Crippen LogP) is 2.67. The Morgan fingerprint density at radius 2 is 1.88 bits per heavy atom. The van der Waals surface area contributed by atoms with Crippen molar-refractivity contribution < 1.29 is 19.4 Å². The fraction of sp³-hybridized carbons (Fsp3) is 0.333. The fourth-order valence-corrected chi connectivity index (χ4v) is 3.14. The number of rotatable bonds is 6. The molecule has 0 spiro atoms. The lowest BCUT2D eigenvalue weighted by molar-refractivity contribution is -0.141. The molecule has 2 N–H and O–H groups in total. The van der Waals surface area contributed by atoms with E-state index in [1.54, 1.807) is 0 Å². The molecule has 0 fully saturated rings. The third-order valence-electron chi connectivity index (χ3n) is 4.84. The maximum absolute atomic E-state index is 12.4. The van der Waals surface area contributed by atoms with Gasteiger partial charge >= 0.3 is 5.97 Å². The average molecular weight is 353 g/mol. The quantitative estimate of drug-likeness (QED) is 0.837. The van der Waals surface area contributed by atoms with Crippen LogP contribution in [0.25, 0.3) is 0 Å². The Bertz CT molecular complexity index is 785. The summed E-state index contributed by atoms with van der Waals surface area (Å²) in [5.41, 5.74) is 4.25. The number of carbonyl (C=O) groups is 2. The second kappa shape index (κ2) is 7.60. The van der Waals surface area contributed by atoms with E-state index in [0.29, 0.717) is 12.8 Å². The molecule has 0 saturated heterocycles. The van der Waals surface area contributed by atoms with Crippen LogP contribution in [0.1, 0.15) is 22.3 Å². The third-order valence-corrected chi connectivity index (χ3v) is 4.84.